The Kier molecular flexibility index (Phi) is 8.96. The summed E-state index contributed by atoms with van der Waals surface area (Å²) in [4.78, 5) is 8.90. The van der Waals surface area contributed by atoms with Crippen molar-refractivity contribution in [2.45, 2.75) is 39.4 Å². The number of furan rings is 1. The summed E-state index contributed by atoms with van der Waals surface area (Å²) in [6.07, 6.45) is 3.75. The number of benzene rings is 3. The quantitative estimate of drug-likeness (QED) is 0.136. The van der Waals surface area contributed by atoms with Crippen LogP contribution in [0.4, 0.5) is 0 Å². The van der Waals surface area contributed by atoms with Gasteiger partial charge < -0.3 is 14.4 Å². The minimum absolute atomic E-state index is 0. The SMILES string of the molecule is CC(C)c1ccc(-c2[c-]cccc2)nc1.C[Si](C)(C)c1cccc2c1oc1c(-c3ccccn3)[c-]ccc12.[Ir]. The minimum Gasteiger partial charge on any atom is -0.501 e. The second-order valence-electron chi connectivity index (χ2n) is 10.8. The van der Waals surface area contributed by atoms with Crippen LogP contribution in [0, 0.1) is 12.1 Å². The maximum absolute atomic E-state index is 6.36. The largest absolute Gasteiger partial charge is 0.501 e. The van der Waals surface area contributed by atoms with Crippen molar-refractivity contribution in [3.8, 4) is 22.5 Å². The number of nitrogens with zero attached hydrogens (tertiary/aromatic N) is 2. The smallest absolute Gasteiger partial charge is 0.120 e. The van der Waals surface area contributed by atoms with Crippen molar-refractivity contribution in [1.29, 1.82) is 0 Å². The molecule has 0 atom stereocenters. The molecule has 39 heavy (non-hydrogen) atoms. The van der Waals surface area contributed by atoms with E-state index in [9.17, 15) is 0 Å². The molecule has 0 N–H and O–H groups in total. The van der Waals surface area contributed by atoms with Crippen LogP contribution in [0.25, 0.3) is 44.5 Å². The molecule has 0 aliphatic rings. The van der Waals surface area contributed by atoms with Crippen molar-refractivity contribution in [1.82, 2.24) is 9.97 Å². The van der Waals surface area contributed by atoms with Crippen LogP contribution >= 0.6 is 0 Å². The molecule has 0 unspecified atom stereocenters. The topological polar surface area (TPSA) is 38.9 Å². The molecule has 3 heterocycles. The van der Waals surface area contributed by atoms with Gasteiger partial charge in [0.15, 0.2) is 0 Å². The fraction of sp³-hybridized carbons (Fsp3) is 0.176. The maximum atomic E-state index is 6.36. The Morgan fingerprint density at radius 3 is 2.15 bits per heavy atom. The van der Waals surface area contributed by atoms with Crippen LogP contribution in [0.2, 0.25) is 19.6 Å². The Morgan fingerprint density at radius 1 is 0.718 bits per heavy atom. The predicted octanol–water partition coefficient (Wildman–Crippen LogP) is 8.66. The van der Waals surface area contributed by atoms with E-state index in [4.69, 9.17) is 4.42 Å². The van der Waals surface area contributed by atoms with Crippen molar-refractivity contribution in [2.24, 2.45) is 0 Å². The van der Waals surface area contributed by atoms with Crippen LogP contribution in [0.1, 0.15) is 25.3 Å². The molecule has 0 aliphatic carbocycles. The molecule has 5 heteroatoms. The van der Waals surface area contributed by atoms with Gasteiger partial charge in [-0.1, -0.05) is 86.9 Å². The van der Waals surface area contributed by atoms with E-state index < -0.39 is 8.07 Å². The summed E-state index contributed by atoms with van der Waals surface area (Å²) in [5.74, 6) is 0.534. The average Bonchev–Trinajstić information content (AvgIpc) is 3.33. The van der Waals surface area contributed by atoms with Crippen LogP contribution in [-0.4, -0.2) is 18.0 Å². The van der Waals surface area contributed by atoms with Gasteiger partial charge >= 0.3 is 0 Å². The van der Waals surface area contributed by atoms with Gasteiger partial charge in [0.25, 0.3) is 0 Å². The molecule has 199 valence electrons. The number of pyridine rings is 2. The standard InChI is InChI=1S/C20H18NOSi.C14H14N.Ir/c1-23(2,3)18-12-7-9-15-14-8-6-10-16(19(14)22-20(15)18)17-11-4-5-13-21-17;1-11(2)13-8-9-14(15-10-13)12-6-4-3-5-7-12;/h4-9,11-13H,1-3H3;3-6,8-11H,1-2H3;/q2*-1;. The first-order valence-electron chi connectivity index (χ1n) is 13.0. The average molecular weight is 705 g/mol. The normalized spacial score (nSPS) is 11.2. The second kappa shape index (κ2) is 12.2. The van der Waals surface area contributed by atoms with Gasteiger partial charge in [-0.15, -0.1) is 54.1 Å². The summed E-state index contributed by atoms with van der Waals surface area (Å²) in [7, 11) is -1.48. The third kappa shape index (κ3) is 6.28. The number of aromatic nitrogens is 2. The monoisotopic (exact) mass is 705 g/mol. The zero-order chi connectivity index (χ0) is 26.7. The Morgan fingerprint density at radius 2 is 1.51 bits per heavy atom. The van der Waals surface area contributed by atoms with E-state index in [-0.39, 0.29) is 20.1 Å². The van der Waals surface area contributed by atoms with Gasteiger partial charge in [0.2, 0.25) is 0 Å². The van der Waals surface area contributed by atoms with E-state index >= 15 is 0 Å². The number of rotatable bonds is 4. The molecular weight excluding hydrogens is 673 g/mol. The molecule has 0 bridgehead atoms. The third-order valence-corrected chi connectivity index (χ3v) is 8.64. The minimum atomic E-state index is -1.48. The van der Waals surface area contributed by atoms with Gasteiger partial charge in [-0.3, -0.25) is 0 Å². The second-order valence-corrected chi connectivity index (χ2v) is 15.8. The maximum Gasteiger partial charge on any atom is 0.120 e. The molecule has 0 aliphatic heterocycles. The number of fused-ring (bicyclic) bond motifs is 3. The zero-order valence-corrected chi connectivity index (χ0v) is 26.3. The third-order valence-electron chi connectivity index (χ3n) is 6.63. The summed E-state index contributed by atoms with van der Waals surface area (Å²) in [6, 6.07) is 35.0. The van der Waals surface area contributed by atoms with Gasteiger partial charge in [-0.2, -0.15) is 0 Å². The Balaban J connectivity index is 0.000000192. The predicted molar refractivity (Wildman–Crippen MR) is 161 cm³/mol. The van der Waals surface area contributed by atoms with Crippen molar-refractivity contribution in [3.63, 3.8) is 0 Å². The molecular formula is C34H32IrN2OSi-2. The van der Waals surface area contributed by atoms with E-state index in [2.05, 4.69) is 92.0 Å². The van der Waals surface area contributed by atoms with E-state index in [1.165, 1.54) is 16.1 Å². The molecule has 3 aromatic carbocycles. The van der Waals surface area contributed by atoms with Crippen LogP contribution in [0.5, 0.6) is 0 Å². The van der Waals surface area contributed by atoms with E-state index in [0.717, 1.165) is 39.1 Å². The summed E-state index contributed by atoms with van der Waals surface area (Å²) in [5.41, 5.74) is 7.04. The van der Waals surface area contributed by atoms with Crippen LogP contribution in [0.15, 0.2) is 102 Å². The molecule has 0 saturated carbocycles. The van der Waals surface area contributed by atoms with Crippen molar-refractivity contribution in [2.75, 3.05) is 0 Å². The van der Waals surface area contributed by atoms with Gasteiger partial charge in [-0.05, 0) is 34.1 Å². The molecule has 0 saturated heterocycles. The van der Waals surface area contributed by atoms with Gasteiger partial charge in [0.05, 0.1) is 13.7 Å². The molecule has 0 fully saturated rings. The first kappa shape index (κ1) is 28.6. The fourth-order valence-electron chi connectivity index (χ4n) is 4.51. The van der Waals surface area contributed by atoms with E-state index in [1.807, 2.05) is 54.7 Å². The number of hydrogen-bond acceptors (Lipinski definition) is 3. The summed E-state index contributed by atoms with van der Waals surface area (Å²) in [5, 5.41) is 3.68. The van der Waals surface area contributed by atoms with Crippen LogP contribution in [0.3, 0.4) is 0 Å². The molecule has 6 aromatic rings. The van der Waals surface area contributed by atoms with Crippen molar-refractivity contribution in [3.05, 3.63) is 115 Å². The van der Waals surface area contributed by atoms with E-state index in [1.54, 1.807) is 6.20 Å². The van der Waals surface area contributed by atoms with Gasteiger partial charge in [0.1, 0.15) is 5.58 Å². The summed E-state index contributed by atoms with van der Waals surface area (Å²) in [6.45, 7) is 11.4. The number of para-hydroxylation sites is 1. The Labute approximate surface area is 245 Å². The van der Waals surface area contributed by atoms with Crippen LogP contribution < -0.4 is 5.19 Å². The summed E-state index contributed by atoms with van der Waals surface area (Å²) >= 11 is 0. The van der Waals surface area contributed by atoms with E-state index in [0.29, 0.717) is 5.92 Å². The van der Waals surface area contributed by atoms with Gasteiger partial charge in [-0.25, -0.2) is 0 Å². The van der Waals surface area contributed by atoms with Gasteiger partial charge in [0, 0.05) is 37.9 Å². The Hall–Kier alpha value is -3.37. The van der Waals surface area contributed by atoms with Crippen LogP contribution in [-0.2, 0) is 20.1 Å². The molecule has 3 aromatic heterocycles. The fourth-order valence-corrected chi connectivity index (χ4v) is 5.98. The first-order chi connectivity index (χ1) is 18.3. The molecule has 0 amide bonds. The first-order valence-corrected chi connectivity index (χ1v) is 16.5. The zero-order valence-electron chi connectivity index (χ0n) is 23.0. The summed E-state index contributed by atoms with van der Waals surface area (Å²) < 4.78 is 6.36. The molecule has 3 nitrogen and oxygen atoms in total. The molecule has 1 radical (unpaired) electrons. The Bertz CT molecular complexity index is 1660. The molecule has 0 spiro atoms. The molecule has 6 rings (SSSR count). The van der Waals surface area contributed by atoms with Crippen molar-refractivity contribution < 1.29 is 24.5 Å². The number of hydrogen-bond donors (Lipinski definition) is 0. The van der Waals surface area contributed by atoms with Crippen molar-refractivity contribution >= 4 is 35.2 Å².